The van der Waals surface area contributed by atoms with Crippen LogP contribution in [0.3, 0.4) is 0 Å². The lowest BCUT2D eigenvalue weighted by molar-refractivity contribution is -0.772. The minimum atomic E-state index is -0.637. The van der Waals surface area contributed by atoms with E-state index in [4.69, 9.17) is 10.6 Å². The molecule has 0 spiro atoms. The Labute approximate surface area is 133 Å². The lowest BCUT2D eigenvalue weighted by Gasteiger charge is -2.54. The van der Waals surface area contributed by atoms with E-state index >= 15 is 0 Å². The molecule has 126 valence electrons. The topological polar surface area (TPSA) is 78.4 Å². The van der Waals surface area contributed by atoms with Gasteiger partial charge in [0.15, 0.2) is 0 Å². The fourth-order valence-corrected chi connectivity index (χ4v) is 5.39. The van der Waals surface area contributed by atoms with Crippen molar-refractivity contribution in [2.75, 3.05) is 6.54 Å². The van der Waals surface area contributed by atoms with Gasteiger partial charge in [0.25, 0.3) is 5.09 Å². The molecule has 2 aliphatic rings. The van der Waals surface area contributed by atoms with Crippen molar-refractivity contribution in [1.29, 1.82) is 0 Å². The van der Waals surface area contributed by atoms with E-state index in [2.05, 4.69) is 26.8 Å². The summed E-state index contributed by atoms with van der Waals surface area (Å²) >= 11 is 0. The third kappa shape index (κ3) is 3.45. The molecule has 3 atom stereocenters. The van der Waals surface area contributed by atoms with Gasteiger partial charge in [-0.3, -0.25) is 0 Å². The third-order valence-electron chi connectivity index (χ3n) is 5.45. The van der Waals surface area contributed by atoms with Crippen molar-refractivity contribution in [1.82, 2.24) is 0 Å². The number of rotatable bonds is 6. The van der Waals surface area contributed by atoms with Gasteiger partial charge in [0.05, 0.1) is 0 Å². The van der Waals surface area contributed by atoms with Crippen molar-refractivity contribution in [3.05, 3.63) is 21.8 Å². The van der Waals surface area contributed by atoms with E-state index in [1.165, 1.54) is 5.57 Å². The molecule has 1 saturated carbocycles. The number of fused-ring (bicyclic) bond motifs is 2. The van der Waals surface area contributed by atoms with Crippen molar-refractivity contribution in [3.8, 4) is 0 Å². The fraction of sp³-hybridized carbons (Fsp3) is 0.882. The predicted molar refractivity (Wildman–Crippen MR) is 86.7 cm³/mol. The molecule has 22 heavy (non-hydrogen) atoms. The molecule has 2 rings (SSSR count). The summed E-state index contributed by atoms with van der Waals surface area (Å²) in [6.45, 7) is 9.39. The summed E-state index contributed by atoms with van der Waals surface area (Å²) in [5.74, 6) is 0. The Bertz CT molecular complexity index is 475. The SMILES string of the molecule is CCC(O[N+](=O)[O-])C1(C)C=C2CC(C)(C)CC(CCN)(C2)C1. The van der Waals surface area contributed by atoms with Crippen molar-refractivity contribution >= 4 is 0 Å². The summed E-state index contributed by atoms with van der Waals surface area (Å²) in [5, 5.41) is 10.2. The van der Waals surface area contributed by atoms with Crippen molar-refractivity contribution in [3.63, 3.8) is 0 Å². The molecule has 0 amide bonds. The molecule has 2 aliphatic carbocycles. The van der Waals surface area contributed by atoms with E-state index in [9.17, 15) is 10.1 Å². The molecule has 0 aromatic carbocycles. The van der Waals surface area contributed by atoms with Crippen LogP contribution in [0.4, 0.5) is 0 Å². The molecule has 5 nitrogen and oxygen atoms in total. The number of hydrogen-bond acceptors (Lipinski definition) is 4. The van der Waals surface area contributed by atoms with Gasteiger partial charge in [-0.15, -0.1) is 10.1 Å². The molecule has 3 unspecified atom stereocenters. The molecule has 5 heteroatoms. The molecule has 0 radical (unpaired) electrons. The Morgan fingerprint density at radius 2 is 2.05 bits per heavy atom. The summed E-state index contributed by atoms with van der Waals surface area (Å²) in [6, 6.07) is 0. The van der Waals surface area contributed by atoms with Crippen LogP contribution in [0.15, 0.2) is 11.6 Å². The maximum atomic E-state index is 10.9. The highest BCUT2D eigenvalue weighted by atomic mass is 17.0. The zero-order valence-corrected chi connectivity index (χ0v) is 14.4. The Hall–Kier alpha value is -1.10. The molecular weight excluding hydrogens is 280 g/mol. The molecule has 0 aromatic rings. The number of nitrogens with two attached hydrogens (primary N) is 1. The highest BCUT2D eigenvalue weighted by Gasteiger charge is 2.51. The fourth-order valence-electron chi connectivity index (χ4n) is 5.39. The van der Waals surface area contributed by atoms with Crippen LogP contribution in [-0.4, -0.2) is 17.7 Å². The van der Waals surface area contributed by atoms with Gasteiger partial charge in [-0.1, -0.05) is 39.3 Å². The summed E-state index contributed by atoms with van der Waals surface area (Å²) in [5.41, 5.74) is 7.51. The van der Waals surface area contributed by atoms with Crippen LogP contribution in [0.25, 0.3) is 0 Å². The van der Waals surface area contributed by atoms with E-state index in [1.807, 2.05) is 6.92 Å². The Balaban J connectivity index is 2.37. The summed E-state index contributed by atoms with van der Waals surface area (Å²) in [6.07, 6.45) is 7.76. The van der Waals surface area contributed by atoms with Crippen LogP contribution in [0.1, 0.15) is 66.2 Å². The van der Waals surface area contributed by atoms with Gasteiger partial charge in [0.2, 0.25) is 0 Å². The van der Waals surface area contributed by atoms with Crippen LogP contribution in [-0.2, 0) is 4.84 Å². The number of hydrogen-bond donors (Lipinski definition) is 1. The van der Waals surface area contributed by atoms with Gasteiger partial charge in [-0.2, -0.15) is 0 Å². The van der Waals surface area contributed by atoms with E-state index in [1.54, 1.807) is 0 Å². The van der Waals surface area contributed by atoms with Crippen LogP contribution >= 0.6 is 0 Å². The minimum absolute atomic E-state index is 0.169. The number of allylic oxidation sites excluding steroid dienone is 1. The lowest BCUT2D eigenvalue weighted by Crippen LogP contribution is -2.47. The average Bonchev–Trinajstić information content (AvgIpc) is 2.32. The first-order chi connectivity index (χ1) is 10.1. The summed E-state index contributed by atoms with van der Waals surface area (Å²) in [4.78, 5) is 15.9. The molecule has 2 bridgehead atoms. The first kappa shape index (κ1) is 17.3. The van der Waals surface area contributed by atoms with E-state index in [0.29, 0.717) is 13.0 Å². The molecule has 1 fully saturated rings. The molecule has 0 saturated heterocycles. The quantitative estimate of drug-likeness (QED) is 0.459. The van der Waals surface area contributed by atoms with Crippen LogP contribution in [0, 0.1) is 26.4 Å². The van der Waals surface area contributed by atoms with Crippen molar-refractivity contribution in [2.24, 2.45) is 22.0 Å². The molecule has 0 aliphatic heterocycles. The van der Waals surface area contributed by atoms with E-state index < -0.39 is 5.09 Å². The smallest absolute Gasteiger partial charge is 0.294 e. The third-order valence-corrected chi connectivity index (χ3v) is 5.45. The minimum Gasteiger partial charge on any atom is -0.330 e. The van der Waals surface area contributed by atoms with Gasteiger partial charge in [-0.05, 0) is 55.9 Å². The lowest BCUT2D eigenvalue weighted by atomic mass is 9.51. The second kappa shape index (κ2) is 5.84. The maximum Gasteiger partial charge on any atom is 0.294 e. The Morgan fingerprint density at radius 1 is 1.36 bits per heavy atom. The molecular formula is C17H30N2O3. The predicted octanol–water partition coefficient (Wildman–Crippen LogP) is 3.86. The average molecular weight is 310 g/mol. The normalized spacial score (nSPS) is 34.7. The second-order valence-corrected chi connectivity index (χ2v) is 8.44. The molecule has 0 heterocycles. The van der Waals surface area contributed by atoms with E-state index in [0.717, 1.165) is 32.1 Å². The van der Waals surface area contributed by atoms with Crippen molar-refractivity contribution < 1.29 is 9.92 Å². The summed E-state index contributed by atoms with van der Waals surface area (Å²) < 4.78 is 0. The van der Waals surface area contributed by atoms with Gasteiger partial charge >= 0.3 is 0 Å². The maximum absolute atomic E-state index is 10.9. The zero-order valence-electron chi connectivity index (χ0n) is 14.4. The Morgan fingerprint density at radius 3 is 2.59 bits per heavy atom. The Kier molecular flexibility index (Phi) is 4.58. The molecule has 2 N–H and O–H groups in total. The first-order valence-corrected chi connectivity index (χ1v) is 8.36. The van der Waals surface area contributed by atoms with Crippen molar-refractivity contribution in [2.45, 2.75) is 72.3 Å². The van der Waals surface area contributed by atoms with Gasteiger partial charge < -0.3 is 10.6 Å². The molecule has 0 aromatic heterocycles. The van der Waals surface area contributed by atoms with Gasteiger partial charge in [-0.25, -0.2) is 0 Å². The van der Waals surface area contributed by atoms with Gasteiger partial charge in [0, 0.05) is 5.41 Å². The van der Waals surface area contributed by atoms with Crippen LogP contribution in [0.2, 0.25) is 0 Å². The van der Waals surface area contributed by atoms with E-state index in [-0.39, 0.29) is 22.3 Å². The first-order valence-electron chi connectivity index (χ1n) is 8.36. The highest BCUT2D eigenvalue weighted by Crippen LogP contribution is 2.60. The number of nitrogens with zero attached hydrogens (tertiary/aromatic N) is 1. The van der Waals surface area contributed by atoms with Gasteiger partial charge in [0.1, 0.15) is 6.10 Å². The monoisotopic (exact) mass is 310 g/mol. The highest BCUT2D eigenvalue weighted by molar-refractivity contribution is 5.24. The second-order valence-electron chi connectivity index (χ2n) is 8.44. The zero-order chi connectivity index (χ0) is 16.6. The van der Waals surface area contributed by atoms with Crippen LogP contribution < -0.4 is 5.73 Å². The standard InChI is InChI=1S/C17H30N2O3/c1-5-14(22-19(20)21)16(4)9-13-8-15(2,3)11-17(10-13,12-16)6-7-18/h9,14H,5-8,10-12,18H2,1-4H3. The largest absolute Gasteiger partial charge is 0.330 e. The summed E-state index contributed by atoms with van der Waals surface area (Å²) in [7, 11) is 0. The van der Waals surface area contributed by atoms with Crippen LogP contribution in [0.5, 0.6) is 0 Å².